The predicted molar refractivity (Wildman–Crippen MR) is 57.3 cm³/mol. The smallest absolute Gasteiger partial charge is 0.328 e. The second kappa shape index (κ2) is 3.70. The number of amides is 3. The van der Waals surface area contributed by atoms with Crippen LogP contribution in [0.3, 0.4) is 0 Å². The zero-order chi connectivity index (χ0) is 12.6. The quantitative estimate of drug-likeness (QED) is 0.587. The van der Waals surface area contributed by atoms with Gasteiger partial charge in [-0.3, -0.25) is 14.6 Å². The van der Waals surface area contributed by atoms with Crippen LogP contribution < -0.4 is 16.2 Å². The lowest BCUT2D eigenvalue weighted by Gasteiger charge is -2.13. The highest BCUT2D eigenvalue weighted by molar-refractivity contribution is 6.11. The van der Waals surface area contributed by atoms with Gasteiger partial charge in [0, 0.05) is 6.92 Å². The molecule has 0 radical (unpaired) electrons. The van der Waals surface area contributed by atoms with Crippen molar-refractivity contribution in [2.45, 2.75) is 6.92 Å². The van der Waals surface area contributed by atoms with E-state index in [4.69, 9.17) is 5.73 Å². The van der Waals surface area contributed by atoms with E-state index in [2.05, 4.69) is 19.9 Å². The molecule has 3 amide bonds. The number of H-pyrrole nitrogens is 2. The number of carbonyl (C=O) groups excluding carboxylic acids is 2. The van der Waals surface area contributed by atoms with E-state index in [1.54, 1.807) is 0 Å². The summed E-state index contributed by atoms with van der Waals surface area (Å²) in [5.74, 6) is -0.912. The van der Waals surface area contributed by atoms with Gasteiger partial charge in [0.15, 0.2) is 11.2 Å². The first-order valence-electron chi connectivity index (χ1n) is 4.54. The van der Waals surface area contributed by atoms with Gasteiger partial charge in [-0.2, -0.15) is 4.98 Å². The summed E-state index contributed by atoms with van der Waals surface area (Å²) in [6.45, 7) is 1.12. The van der Waals surface area contributed by atoms with Crippen LogP contribution in [0.5, 0.6) is 0 Å². The zero-order valence-electron chi connectivity index (χ0n) is 8.72. The Kier molecular flexibility index (Phi) is 2.35. The summed E-state index contributed by atoms with van der Waals surface area (Å²) in [5.41, 5.74) is 4.72. The number of rotatable bonds is 1. The molecule has 2 rings (SSSR count). The first-order chi connectivity index (χ1) is 8.00. The first kappa shape index (κ1) is 10.8. The van der Waals surface area contributed by atoms with E-state index in [9.17, 15) is 14.4 Å². The van der Waals surface area contributed by atoms with E-state index in [0.29, 0.717) is 4.90 Å². The molecule has 17 heavy (non-hydrogen) atoms. The molecule has 0 saturated heterocycles. The fraction of sp³-hybridized carbons (Fsp3) is 0.125. The topological polar surface area (TPSA) is 138 Å². The van der Waals surface area contributed by atoms with Gasteiger partial charge >= 0.3 is 6.03 Å². The number of hydrogen-bond acceptors (Lipinski definition) is 5. The Hall–Kier alpha value is -2.71. The summed E-state index contributed by atoms with van der Waals surface area (Å²) in [6.07, 6.45) is 1.28. The van der Waals surface area contributed by atoms with Gasteiger partial charge in [0.1, 0.15) is 0 Å². The number of aromatic amines is 2. The molecule has 0 aliphatic rings. The molecule has 88 valence electrons. The SMILES string of the molecule is CC(=O)N(C(N)=O)c1nc2nc[nH]c2c(=O)[nH]1. The number of nitrogens with zero attached hydrogens (tertiary/aromatic N) is 3. The molecule has 0 atom stereocenters. The Labute approximate surface area is 93.7 Å². The fourth-order valence-corrected chi connectivity index (χ4v) is 1.35. The van der Waals surface area contributed by atoms with Crippen LogP contribution in [0, 0.1) is 0 Å². The van der Waals surface area contributed by atoms with E-state index in [1.807, 2.05) is 0 Å². The van der Waals surface area contributed by atoms with Gasteiger partial charge < -0.3 is 10.7 Å². The second-order valence-corrected chi connectivity index (χ2v) is 3.18. The van der Waals surface area contributed by atoms with Gasteiger partial charge in [-0.05, 0) is 0 Å². The molecular formula is C8H8N6O3. The number of urea groups is 1. The summed E-state index contributed by atoms with van der Waals surface area (Å²) in [4.78, 5) is 46.8. The average molecular weight is 236 g/mol. The molecule has 2 aromatic heterocycles. The minimum Gasteiger partial charge on any atom is -0.351 e. The Morgan fingerprint density at radius 2 is 2.18 bits per heavy atom. The molecule has 9 nitrogen and oxygen atoms in total. The van der Waals surface area contributed by atoms with Gasteiger partial charge in [-0.25, -0.2) is 14.7 Å². The predicted octanol–water partition coefficient (Wildman–Crippen LogP) is -0.922. The maximum atomic E-state index is 11.6. The molecule has 4 N–H and O–H groups in total. The summed E-state index contributed by atoms with van der Waals surface area (Å²) in [5, 5.41) is 0. The lowest BCUT2D eigenvalue weighted by molar-refractivity contribution is -0.115. The van der Waals surface area contributed by atoms with Crippen molar-refractivity contribution < 1.29 is 9.59 Å². The molecule has 0 aromatic carbocycles. The van der Waals surface area contributed by atoms with Gasteiger partial charge in [0.05, 0.1) is 6.33 Å². The number of imide groups is 1. The van der Waals surface area contributed by atoms with Gasteiger partial charge in [-0.15, -0.1) is 0 Å². The number of anilines is 1. The van der Waals surface area contributed by atoms with Crippen LogP contribution in [0.4, 0.5) is 10.7 Å². The van der Waals surface area contributed by atoms with Crippen LogP contribution in [0.1, 0.15) is 6.92 Å². The van der Waals surface area contributed by atoms with E-state index in [-0.39, 0.29) is 17.1 Å². The first-order valence-corrected chi connectivity index (χ1v) is 4.54. The number of nitrogens with two attached hydrogens (primary N) is 1. The molecule has 0 saturated carbocycles. The maximum Gasteiger partial charge on any atom is 0.328 e. The van der Waals surface area contributed by atoms with Crippen molar-refractivity contribution in [3.05, 3.63) is 16.7 Å². The van der Waals surface area contributed by atoms with Gasteiger partial charge in [0.25, 0.3) is 5.56 Å². The Morgan fingerprint density at radius 3 is 2.76 bits per heavy atom. The molecule has 0 bridgehead atoms. The third-order valence-electron chi connectivity index (χ3n) is 2.03. The molecule has 9 heteroatoms. The molecule has 0 aliphatic heterocycles. The Bertz CT molecular complexity index is 643. The Balaban J connectivity index is 2.65. The second-order valence-electron chi connectivity index (χ2n) is 3.18. The number of carbonyl (C=O) groups is 2. The normalized spacial score (nSPS) is 10.4. The average Bonchev–Trinajstić information content (AvgIpc) is 2.64. The monoisotopic (exact) mass is 236 g/mol. The molecule has 0 aliphatic carbocycles. The van der Waals surface area contributed by atoms with Gasteiger partial charge in [0.2, 0.25) is 11.9 Å². The third-order valence-corrected chi connectivity index (χ3v) is 2.03. The highest BCUT2D eigenvalue weighted by Gasteiger charge is 2.21. The number of nitrogens with one attached hydrogen (secondary N) is 2. The number of imidazole rings is 1. The molecule has 0 spiro atoms. The van der Waals surface area contributed by atoms with Crippen LogP contribution in [0.2, 0.25) is 0 Å². The van der Waals surface area contributed by atoms with Crippen molar-refractivity contribution in [1.82, 2.24) is 19.9 Å². The van der Waals surface area contributed by atoms with Crippen molar-refractivity contribution in [2.24, 2.45) is 5.73 Å². The van der Waals surface area contributed by atoms with Crippen molar-refractivity contribution in [3.8, 4) is 0 Å². The fourth-order valence-electron chi connectivity index (χ4n) is 1.35. The molecule has 0 unspecified atom stereocenters. The van der Waals surface area contributed by atoms with Crippen molar-refractivity contribution >= 4 is 29.1 Å². The minimum absolute atomic E-state index is 0.0938. The minimum atomic E-state index is -1.03. The number of aromatic nitrogens is 4. The number of fused-ring (bicyclic) bond motifs is 1. The van der Waals surface area contributed by atoms with Crippen LogP contribution in [0.25, 0.3) is 11.2 Å². The molecule has 2 aromatic rings. The van der Waals surface area contributed by atoms with Crippen LogP contribution in [0.15, 0.2) is 11.1 Å². The Morgan fingerprint density at radius 1 is 1.47 bits per heavy atom. The number of hydrogen-bond donors (Lipinski definition) is 3. The van der Waals surface area contributed by atoms with Crippen LogP contribution in [-0.4, -0.2) is 31.9 Å². The van der Waals surface area contributed by atoms with E-state index >= 15 is 0 Å². The highest BCUT2D eigenvalue weighted by atomic mass is 16.2. The van der Waals surface area contributed by atoms with Crippen molar-refractivity contribution in [2.75, 3.05) is 4.90 Å². The third kappa shape index (κ3) is 1.73. The van der Waals surface area contributed by atoms with E-state index < -0.39 is 17.5 Å². The van der Waals surface area contributed by atoms with E-state index in [1.165, 1.54) is 6.33 Å². The summed E-state index contributed by atoms with van der Waals surface area (Å²) in [7, 11) is 0. The maximum absolute atomic E-state index is 11.6. The van der Waals surface area contributed by atoms with Crippen LogP contribution in [-0.2, 0) is 4.79 Å². The standard InChI is InChI=1S/C8H8N6O3/c1-3(15)14(7(9)17)8-12-5-4(6(16)13-8)10-2-11-5/h2H,1H3,(H2,9,17)(H2,10,11,12,13,16). The summed E-state index contributed by atoms with van der Waals surface area (Å²) in [6, 6.07) is -1.03. The van der Waals surface area contributed by atoms with Gasteiger partial charge in [-0.1, -0.05) is 0 Å². The molecule has 0 fully saturated rings. The molecule has 2 heterocycles. The zero-order valence-corrected chi connectivity index (χ0v) is 8.72. The largest absolute Gasteiger partial charge is 0.351 e. The summed E-state index contributed by atoms with van der Waals surface area (Å²) < 4.78 is 0. The van der Waals surface area contributed by atoms with Crippen LogP contribution >= 0.6 is 0 Å². The number of primary amides is 1. The van der Waals surface area contributed by atoms with Crippen molar-refractivity contribution in [1.29, 1.82) is 0 Å². The lowest BCUT2D eigenvalue weighted by Crippen LogP contribution is -2.41. The lowest BCUT2D eigenvalue weighted by atomic mass is 10.5. The summed E-state index contributed by atoms with van der Waals surface area (Å²) >= 11 is 0. The van der Waals surface area contributed by atoms with Crippen molar-refractivity contribution in [3.63, 3.8) is 0 Å². The molecular weight excluding hydrogens is 228 g/mol. The van der Waals surface area contributed by atoms with E-state index in [0.717, 1.165) is 6.92 Å². The highest BCUT2D eigenvalue weighted by Crippen LogP contribution is 2.08.